The quantitative estimate of drug-likeness (QED) is 0.179. The van der Waals surface area contributed by atoms with Gasteiger partial charge in [-0.15, -0.1) is 0 Å². The molecule has 0 bridgehead atoms. The number of methoxy groups -OCH3 is 2. The van der Waals surface area contributed by atoms with E-state index in [-0.39, 0.29) is 6.61 Å². The highest BCUT2D eigenvalue weighted by Crippen LogP contribution is 2.36. The van der Waals surface area contributed by atoms with E-state index in [4.69, 9.17) is 40.5 Å². The van der Waals surface area contributed by atoms with Gasteiger partial charge in [0.15, 0.2) is 28.8 Å². The van der Waals surface area contributed by atoms with Gasteiger partial charge in [0, 0.05) is 32.2 Å². The summed E-state index contributed by atoms with van der Waals surface area (Å²) in [7, 11) is 3.18. The molecule has 0 spiro atoms. The van der Waals surface area contributed by atoms with Crippen LogP contribution in [0.3, 0.4) is 0 Å². The summed E-state index contributed by atoms with van der Waals surface area (Å²) in [6.07, 6.45) is 6.36. The molecule has 0 amide bonds. The van der Waals surface area contributed by atoms with Crippen LogP contribution in [0.5, 0.6) is 23.0 Å². The van der Waals surface area contributed by atoms with E-state index < -0.39 is 0 Å². The molecule has 0 atom stereocenters. The normalized spacial score (nSPS) is 15.1. The fraction of sp³-hybridized carbons (Fsp3) is 0.414. The van der Waals surface area contributed by atoms with E-state index in [1.54, 1.807) is 26.5 Å². The second-order valence-corrected chi connectivity index (χ2v) is 9.96. The van der Waals surface area contributed by atoms with Crippen molar-refractivity contribution < 1.29 is 18.9 Å². The average Bonchev–Trinajstić information content (AvgIpc) is 3.71. The van der Waals surface area contributed by atoms with E-state index in [0.717, 1.165) is 56.4 Å². The van der Waals surface area contributed by atoms with Gasteiger partial charge in [0.25, 0.3) is 0 Å². The Labute approximate surface area is 239 Å². The number of nitrogens with zero attached hydrogens (tertiary/aromatic N) is 5. The first-order valence-corrected chi connectivity index (χ1v) is 14.0. The lowest BCUT2D eigenvalue weighted by molar-refractivity contribution is 0.206. The van der Waals surface area contributed by atoms with Crippen molar-refractivity contribution in [1.82, 2.24) is 9.97 Å². The van der Waals surface area contributed by atoms with Crippen molar-refractivity contribution in [3.8, 4) is 23.0 Å². The number of halogens is 1. The lowest BCUT2D eigenvalue weighted by Crippen LogP contribution is -2.24. The minimum absolute atomic E-state index is 0.273. The summed E-state index contributed by atoms with van der Waals surface area (Å²) in [6, 6.07) is 13.0. The highest BCUT2D eigenvalue weighted by Gasteiger charge is 2.20. The molecule has 3 heterocycles. The fourth-order valence-electron chi connectivity index (χ4n) is 4.81. The Balaban J connectivity index is 1.23. The first-order chi connectivity index (χ1) is 19.6. The maximum Gasteiger partial charge on any atom is 0.229 e. The molecule has 5 rings (SSSR count). The zero-order valence-corrected chi connectivity index (χ0v) is 23.7. The largest absolute Gasteiger partial charge is 0.493 e. The molecule has 2 aromatic carbocycles. The topological polar surface area (TPSA) is 93.6 Å². The monoisotopic (exact) mass is 566 g/mol. The molecule has 2 aliphatic rings. The Morgan fingerprint density at radius 2 is 1.52 bits per heavy atom. The average molecular weight is 567 g/mol. The Morgan fingerprint density at radius 3 is 2.25 bits per heavy atom. The van der Waals surface area contributed by atoms with E-state index in [0.29, 0.717) is 40.4 Å². The van der Waals surface area contributed by atoms with Crippen LogP contribution in [0, 0.1) is 0 Å². The molecule has 2 saturated heterocycles. The van der Waals surface area contributed by atoms with Crippen molar-refractivity contribution in [2.24, 2.45) is 5.10 Å². The predicted octanol–water partition coefficient (Wildman–Crippen LogP) is 5.25. The minimum Gasteiger partial charge on any atom is -0.493 e. The molecule has 10 nitrogen and oxygen atoms in total. The lowest BCUT2D eigenvalue weighted by atomic mass is 10.2. The van der Waals surface area contributed by atoms with Gasteiger partial charge in [-0.3, -0.25) is 5.43 Å². The minimum atomic E-state index is 0.273. The maximum atomic E-state index is 6.56. The summed E-state index contributed by atoms with van der Waals surface area (Å²) in [5, 5.41) is 4.84. The zero-order valence-electron chi connectivity index (χ0n) is 22.9. The third kappa shape index (κ3) is 6.80. The Hall–Kier alpha value is -3.92. The molecule has 1 aromatic heterocycles. The molecule has 0 aliphatic carbocycles. The van der Waals surface area contributed by atoms with Crippen LogP contribution in [0.4, 0.5) is 17.6 Å². The van der Waals surface area contributed by atoms with E-state index >= 15 is 0 Å². The maximum absolute atomic E-state index is 6.56. The van der Waals surface area contributed by atoms with Gasteiger partial charge in [0.05, 0.1) is 25.5 Å². The third-order valence-corrected chi connectivity index (χ3v) is 7.10. The number of hydrazone groups is 1. The first-order valence-electron chi connectivity index (χ1n) is 13.6. The molecule has 212 valence electrons. The summed E-state index contributed by atoms with van der Waals surface area (Å²) < 4.78 is 22.5. The second-order valence-electron chi connectivity index (χ2n) is 9.55. The van der Waals surface area contributed by atoms with Gasteiger partial charge < -0.3 is 28.7 Å². The molecule has 1 N–H and O–H groups in total. The van der Waals surface area contributed by atoms with Gasteiger partial charge >= 0.3 is 0 Å². The summed E-state index contributed by atoms with van der Waals surface area (Å²) in [5.74, 6) is 4.60. The molecule has 0 unspecified atom stereocenters. The number of anilines is 3. The SMILES string of the molecule is COc1ccccc1OCCOc1c(Cl)cc(/C=N\Nc2cc(N3CCCC3)nc(N3CCCC3)n2)cc1OC. The van der Waals surface area contributed by atoms with Gasteiger partial charge in [-0.1, -0.05) is 23.7 Å². The van der Waals surface area contributed by atoms with Crippen molar-refractivity contribution in [2.45, 2.75) is 25.7 Å². The first kappa shape index (κ1) is 27.6. The molecular formula is C29H35ClN6O4. The Morgan fingerprint density at radius 1 is 0.850 bits per heavy atom. The van der Waals surface area contributed by atoms with Gasteiger partial charge in [-0.25, -0.2) is 0 Å². The molecule has 0 saturated carbocycles. The van der Waals surface area contributed by atoms with E-state index in [1.165, 1.54) is 12.8 Å². The fourth-order valence-corrected chi connectivity index (χ4v) is 5.08. The van der Waals surface area contributed by atoms with E-state index in [9.17, 15) is 0 Å². The molecule has 2 aliphatic heterocycles. The summed E-state index contributed by atoms with van der Waals surface area (Å²) >= 11 is 6.56. The number of hydrogen-bond acceptors (Lipinski definition) is 10. The molecular weight excluding hydrogens is 532 g/mol. The Bertz CT molecular complexity index is 1280. The third-order valence-electron chi connectivity index (χ3n) is 6.82. The number of hydrogen-bond donors (Lipinski definition) is 1. The van der Waals surface area contributed by atoms with Crippen molar-refractivity contribution in [1.29, 1.82) is 0 Å². The number of ether oxygens (including phenoxy) is 4. The number of rotatable bonds is 12. The van der Waals surface area contributed by atoms with Gasteiger partial charge in [0.1, 0.15) is 19.0 Å². The van der Waals surface area contributed by atoms with Crippen molar-refractivity contribution in [2.75, 3.05) is 68.8 Å². The van der Waals surface area contributed by atoms with Gasteiger partial charge in [-0.2, -0.15) is 15.1 Å². The van der Waals surface area contributed by atoms with Gasteiger partial charge in [0.2, 0.25) is 5.95 Å². The molecule has 3 aromatic rings. The van der Waals surface area contributed by atoms with Crippen LogP contribution in [0.15, 0.2) is 47.6 Å². The van der Waals surface area contributed by atoms with Crippen LogP contribution in [0.2, 0.25) is 5.02 Å². The van der Waals surface area contributed by atoms with Crippen LogP contribution in [0.1, 0.15) is 31.2 Å². The van der Waals surface area contributed by atoms with Gasteiger partial charge in [-0.05, 0) is 55.5 Å². The molecule has 0 radical (unpaired) electrons. The second kappa shape index (κ2) is 13.4. The standard InChI is InChI=1S/C29H35ClN6O4/c1-37-23-9-3-4-10-24(23)39-15-16-40-28-22(30)17-21(18-25(28)38-2)20-31-34-26-19-27(35-11-5-6-12-35)33-29(32-26)36-13-7-8-14-36/h3-4,9-10,17-20H,5-8,11-16H2,1-2H3,(H,32,33,34)/b31-20-. The highest BCUT2D eigenvalue weighted by molar-refractivity contribution is 6.32. The molecule has 11 heteroatoms. The molecule has 2 fully saturated rings. The summed E-state index contributed by atoms with van der Waals surface area (Å²) in [4.78, 5) is 14.1. The van der Waals surface area contributed by atoms with Crippen molar-refractivity contribution in [3.05, 3.63) is 53.1 Å². The number of nitrogens with one attached hydrogen (secondary N) is 1. The number of aromatic nitrogens is 2. The zero-order chi connectivity index (χ0) is 27.7. The van der Waals surface area contributed by atoms with Crippen LogP contribution < -0.4 is 34.2 Å². The highest BCUT2D eigenvalue weighted by atomic mass is 35.5. The van der Waals surface area contributed by atoms with Crippen LogP contribution in [0.25, 0.3) is 0 Å². The number of para-hydroxylation sites is 2. The smallest absolute Gasteiger partial charge is 0.229 e. The summed E-state index contributed by atoms with van der Waals surface area (Å²) in [6.45, 7) is 4.56. The number of benzene rings is 2. The molecule has 40 heavy (non-hydrogen) atoms. The van der Waals surface area contributed by atoms with Crippen molar-refractivity contribution >= 4 is 35.4 Å². The van der Waals surface area contributed by atoms with Crippen molar-refractivity contribution in [3.63, 3.8) is 0 Å². The predicted molar refractivity (Wildman–Crippen MR) is 158 cm³/mol. The lowest BCUT2D eigenvalue weighted by Gasteiger charge is -2.21. The van der Waals surface area contributed by atoms with E-state index in [1.807, 2.05) is 36.4 Å². The van der Waals surface area contributed by atoms with E-state index in [2.05, 4.69) is 20.3 Å². The van der Waals surface area contributed by atoms with Crippen LogP contribution in [-0.4, -0.2) is 69.8 Å². The Kier molecular flexibility index (Phi) is 9.28. The summed E-state index contributed by atoms with van der Waals surface area (Å²) in [5.41, 5.74) is 3.83. The van der Waals surface area contributed by atoms with Crippen LogP contribution >= 0.6 is 11.6 Å². The van der Waals surface area contributed by atoms with Crippen LogP contribution in [-0.2, 0) is 0 Å².